The Morgan fingerprint density at radius 1 is 1.38 bits per heavy atom. The first-order valence-corrected chi connectivity index (χ1v) is 5.64. The summed E-state index contributed by atoms with van der Waals surface area (Å²) in [5.74, 6) is 0.797. The van der Waals surface area contributed by atoms with Crippen molar-refractivity contribution in [3.8, 4) is 5.75 Å². The molecule has 16 heavy (non-hydrogen) atoms. The number of methoxy groups -OCH3 is 1. The van der Waals surface area contributed by atoms with Crippen LogP contribution in [0.15, 0.2) is 12.1 Å². The zero-order chi connectivity index (χ0) is 12.1. The van der Waals surface area contributed by atoms with Crippen LogP contribution >= 0.6 is 0 Å². The predicted octanol–water partition coefficient (Wildman–Crippen LogP) is 1.95. The van der Waals surface area contributed by atoms with E-state index >= 15 is 0 Å². The van der Waals surface area contributed by atoms with Crippen LogP contribution in [0, 0.1) is 13.8 Å². The number of hydrogen-bond acceptors (Lipinski definition) is 3. The first kappa shape index (κ1) is 13.0. The summed E-state index contributed by atoms with van der Waals surface area (Å²) < 4.78 is 5.37. The van der Waals surface area contributed by atoms with Crippen molar-refractivity contribution in [2.45, 2.75) is 26.9 Å². The summed E-state index contributed by atoms with van der Waals surface area (Å²) in [6, 6.07) is 3.95. The van der Waals surface area contributed by atoms with Crippen LogP contribution in [0.2, 0.25) is 0 Å². The monoisotopic (exact) mass is 223 g/mol. The Bertz CT molecular complexity index is 350. The molecule has 0 saturated carbocycles. The highest BCUT2D eigenvalue weighted by Gasteiger charge is 2.15. The van der Waals surface area contributed by atoms with Crippen molar-refractivity contribution in [2.75, 3.05) is 20.2 Å². The summed E-state index contributed by atoms with van der Waals surface area (Å²) in [5, 5.41) is 13.2. The molecule has 0 aromatic heterocycles. The molecule has 0 aliphatic rings. The van der Waals surface area contributed by atoms with Crippen molar-refractivity contribution in [2.24, 2.45) is 0 Å². The number of rotatable bonds is 5. The first-order chi connectivity index (χ1) is 7.61. The Hall–Kier alpha value is -1.06. The standard InChI is InChI=1S/C13H21NO2/c1-5-14-8-12(15)11-7-6-9(2)10(3)13(11)16-4/h6-7,12,14-15H,5,8H2,1-4H3. The topological polar surface area (TPSA) is 41.5 Å². The SMILES string of the molecule is CCNCC(O)c1ccc(C)c(C)c1OC. The number of benzene rings is 1. The third kappa shape index (κ3) is 2.74. The molecular formula is C13H21NO2. The number of nitrogens with one attached hydrogen (secondary N) is 1. The van der Waals surface area contributed by atoms with Gasteiger partial charge in [0, 0.05) is 12.1 Å². The van der Waals surface area contributed by atoms with Gasteiger partial charge in [0.15, 0.2) is 0 Å². The van der Waals surface area contributed by atoms with Crippen LogP contribution in [0.3, 0.4) is 0 Å². The highest BCUT2D eigenvalue weighted by Crippen LogP contribution is 2.30. The number of aryl methyl sites for hydroxylation is 1. The molecule has 1 aromatic carbocycles. The van der Waals surface area contributed by atoms with Gasteiger partial charge in [-0.05, 0) is 31.5 Å². The third-order valence-electron chi connectivity index (χ3n) is 2.86. The minimum absolute atomic E-state index is 0.519. The lowest BCUT2D eigenvalue weighted by Gasteiger charge is -2.18. The van der Waals surface area contributed by atoms with Gasteiger partial charge in [0.1, 0.15) is 5.75 Å². The van der Waals surface area contributed by atoms with Gasteiger partial charge in [0.2, 0.25) is 0 Å². The molecule has 0 aliphatic carbocycles. The van der Waals surface area contributed by atoms with Crippen LogP contribution in [0.25, 0.3) is 0 Å². The second kappa shape index (κ2) is 5.87. The fourth-order valence-electron chi connectivity index (χ4n) is 1.74. The van der Waals surface area contributed by atoms with E-state index in [1.807, 2.05) is 32.9 Å². The molecule has 1 atom stereocenters. The number of likely N-dealkylation sites (N-methyl/N-ethyl adjacent to an activating group) is 1. The molecule has 1 rings (SSSR count). The van der Waals surface area contributed by atoms with E-state index in [0.29, 0.717) is 6.54 Å². The highest BCUT2D eigenvalue weighted by atomic mass is 16.5. The van der Waals surface area contributed by atoms with Crippen LogP contribution in [0.4, 0.5) is 0 Å². The molecule has 1 aromatic rings. The largest absolute Gasteiger partial charge is 0.496 e. The van der Waals surface area contributed by atoms with Crippen molar-refractivity contribution in [3.05, 3.63) is 28.8 Å². The van der Waals surface area contributed by atoms with Crippen molar-refractivity contribution in [3.63, 3.8) is 0 Å². The maximum atomic E-state index is 10.0. The number of aliphatic hydroxyl groups is 1. The fraction of sp³-hybridized carbons (Fsp3) is 0.538. The van der Waals surface area contributed by atoms with Gasteiger partial charge in [-0.3, -0.25) is 0 Å². The van der Waals surface area contributed by atoms with Crippen LogP contribution in [-0.4, -0.2) is 25.3 Å². The maximum Gasteiger partial charge on any atom is 0.127 e. The van der Waals surface area contributed by atoms with E-state index in [2.05, 4.69) is 5.32 Å². The van der Waals surface area contributed by atoms with Crippen molar-refractivity contribution < 1.29 is 9.84 Å². The van der Waals surface area contributed by atoms with Crippen LogP contribution in [0.5, 0.6) is 5.75 Å². The maximum absolute atomic E-state index is 10.0. The Morgan fingerprint density at radius 3 is 2.62 bits per heavy atom. The number of hydrogen-bond donors (Lipinski definition) is 2. The minimum Gasteiger partial charge on any atom is -0.496 e. The lowest BCUT2D eigenvalue weighted by atomic mass is 10.0. The molecule has 3 heteroatoms. The smallest absolute Gasteiger partial charge is 0.127 e. The summed E-state index contributed by atoms with van der Waals surface area (Å²) in [5.41, 5.74) is 3.12. The predicted molar refractivity (Wildman–Crippen MR) is 66.0 cm³/mol. The van der Waals surface area contributed by atoms with E-state index in [4.69, 9.17) is 4.74 Å². The van der Waals surface area contributed by atoms with E-state index in [1.54, 1.807) is 7.11 Å². The molecule has 90 valence electrons. The van der Waals surface area contributed by atoms with Gasteiger partial charge in [-0.1, -0.05) is 19.1 Å². The minimum atomic E-state index is -0.519. The highest BCUT2D eigenvalue weighted by molar-refractivity contribution is 5.46. The first-order valence-electron chi connectivity index (χ1n) is 5.64. The molecule has 0 spiro atoms. The molecule has 0 radical (unpaired) electrons. The lowest BCUT2D eigenvalue weighted by molar-refractivity contribution is 0.171. The van der Waals surface area contributed by atoms with Crippen molar-refractivity contribution in [1.29, 1.82) is 0 Å². The number of ether oxygens (including phenoxy) is 1. The van der Waals surface area contributed by atoms with Gasteiger partial charge in [0.25, 0.3) is 0 Å². The third-order valence-corrected chi connectivity index (χ3v) is 2.86. The van der Waals surface area contributed by atoms with Crippen LogP contribution < -0.4 is 10.1 Å². The summed E-state index contributed by atoms with van der Waals surface area (Å²) >= 11 is 0. The Kier molecular flexibility index (Phi) is 4.77. The van der Waals surface area contributed by atoms with Crippen LogP contribution in [-0.2, 0) is 0 Å². The van der Waals surface area contributed by atoms with Gasteiger partial charge >= 0.3 is 0 Å². The fourth-order valence-corrected chi connectivity index (χ4v) is 1.74. The molecule has 0 fully saturated rings. The van der Waals surface area contributed by atoms with E-state index in [0.717, 1.165) is 23.4 Å². The zero-order valence-corrected chi connectivity index (χ0v) is 10.5. The second-order valence-corrected chi connectivity index (χ2v) is 3.95. The van der Waals surface area contributed by atoms with Crippen molar-refractivity contribution in [1.82, 2.24) is 5.32 Å². The Morgan fingerprint density at radius 2 is 2.06 bits per heavy atom. The average molecular weight is 223 g/mol. The summed E-state index contributed by atoms with van der Waals surface area (Å²) in [6.45, 7) is 7.47. The second-order valence-electron chi connectivity index (χ2n) is 3.95. The Balaban J connectivity index is 2.99. The molecule has 3 nitrogen and oxygen atoms in total. The normalized spacial score (nSPS) is 12.6. The van der Waals surface area contributed by atoms with Gasteiger partial charge in [-0.2, -0.15) is 0 Å². The Labute approximate surface area is 97.4 Å². The molecule has 2 N–H and O–H groups in total. The quantitative estimate of drug-likeness (QED) is 0.801. The summed E-state index contributed by atoms with van der Waals surface area (Å²) in [4.78, 5) is 0. The van der Waals surface area contributed by atoms with Gasteiger partial charge in [-0.25, -0.2) is 0 Å². The van der Waals surface area contributed by atoms with Gasteiger partial charge in [0.05, 0.1) is 13.2 Å². The van der Waals surface area contributed by atoms with Crippen LogP contribution in [0.1, 0.15) is 29.7 Å². The van der Waals surface area contributed by atoms with E-state index in [1.165, 1.54) is 5.56 Å². The van der Waals surface area contributed by atoms with E-state index < -0.39 is 6.10 Å². The summed E-state index contributed by atoms with van der Waals surface area (Å²) in [7, 11) is 1.64. The van der Waals surface area contributed by atoms with E-state index in [-0.39, 0.29) is 0 Å². The van der Waals surface area contributed by atoms with Gasteiger partial charge < -0.3 is 15.2 Å². The molecule has 0 bridgehead atoms. The molecular weight excluding hydrogens is 202 g/mol. The number of aliphatic hydroxyl groups excluding tert-OH is 1. The molecule has 0 heterocycles. The molecule has 0 amide bonds. The molecule has 0 saturated heterocycles. The zero-order valence-electron chi connectivity index (χ0n) is 10.5. The molecule has 0 aliphatic heterocycles. The lowest BCUT2D eigenvalue weighted by Crippen LogP contribution is -2.21. The van der Waals surface area contributed by atoms with E-state index in [9.17, 15) is 5.11 Å². The summed E-state index contributed by atoms with van der Waals surface area (Å²) in [6.07, 6.45) is -0.519. The van der Waals surface area contributed by atoms with Gasteiger partial charge in [-0.15, -0.1) is 0 Å². The average Bonchev–Trinajstić information content (AvgIpc) is 2.29. The van der Waals surface area contributed by atoms with Crippen molar-refractivity contribution >= 4 is 0 Å². The molecule has 1 unspecified atom stereocenters.